The molecule has 1 aliphatic heterocycles. The Kier molecular flexibility index (Phi) is 2.38. The third-order valence-electron chi connectivity index (χ3n) is 1.78. The number of ether oxygens (including phenoxy) is 1. The molecule has 13 heavy (non-hydrogen) atoms. The lowest BCUT2D eigenvalue weighted by molar-refractivity contribution is 0.0512. The van der Waals surface area contributed by atoms with Gasteiger partial charge in [0.15, 0.2) is 0 Å². The standard InChI is InChI=1S/C8H3Br2ClO2/c9-3-1-2-4(10)6-5(3)7(11)13-8(6)12/h1-2,7H. The molecule has 2 nitrogen and oxygen atoms in total. The van der Waals surface area contributed by atoms with Crippen LogP contribution in [0.2, 0.25) is 0 Å². The van der Waals surface area contributed by atoms with Crippen LogP contribution < -0.4 is 0 Å². The molecular weight excluding hydrogens is 323 g/mol. The number of cyclic esters (lactones) is 1. The van der Waals surface area contributed by atoms with Crippen molar-refractivity contribution in [2.75, 3.05) is 0 Å². The van der Waals surface area contributed by atoms with Crippen molar-refractivity contribution in [3.63, 3.8) is 0 Å². The van der Waals surface area contributed by atoms with E-state index in [9.17, 15) is 4.79 Å². The van der Waals surface area contributed by atoms with Gasteiger partial charge < -0.3 is 4.74 Å². The van der Waals surface area contributed by atoms with Crippen LogP contribution >= 0.6 is 43.5 Å². The first-order valence-corrected chi connectivity index (χ1v) is 5.46. The van der Waals surface area contributed by atoms with Crippen LogP contribution in [0, 0.1) is 0 Å². The molecule has 0 N–H and O–H groups in total. The van der Waals surface area contributed by atoms with Gasteiger partial charge in [0.1, 0.15) is 0 Å². The van der Waals surface area contributed by atoms with Gasteiger partial charge in [-0.05, 0) is 28.1 Å². The van der Waals surface area contributed by atoms with Gasteiger partial charge in [-0.25, -0.2) is 4.79 Å². The zero-order valence-electron chi connectivity index (χ0n) is 6.18. The minimum atomic E-state index is -0.686. The first kappa shape index (κ1) is 9.49. The lowest BCUT2D eigenvalue weighted by Gasteiger charge is -2.02. The molecule has 68 valence electrons. The van der Waals surface area contributed by atoms with Gasteiger partial charge in [-0.1, -0.05) is 27.5 Å². The highest BCUT2D eigenvalue weighted by atomic mass is 79.9. The van der Waals surface area contributed by atoms with E-state index < -0.39 is 5.56 Å². The first-order valence-electron chi connectivity index (χ1n) is 3.44. The van der Waals surface area contributed by atoms with Gasteiger partial charge in [0.05, 0.1) is 5.56 Å². The Morgan fingerprint density at radius 3 is 2.54 bits per heavy atom. The molecular formula is C8H3Br2ClO2. The molecule has 0 spiro atoms. The maximum absolute atomic E-state index is 11.3. The molecule has 1 aliphatic rings. The predicted octanol–water partition coefficient (Wildman–Crippen LogP) is 3.62. The summed E-state index contributed by atoms with van der Waals surface area (Å²) in [5, 5.41) is 0. The average Bonchev–Trinajstić information content (AvgIpc) is 2.36. The zero-order chi connectivity index (χ0) is 9.59. The molecule has 0 saturated carbocycles. The smallest absolute Gasteiger partial charge is 0.341 e. The number of carbonyl (C=O) groups is 1. The van der Waals surface area contributed by atoms with Crippen LogP contribution in [0.5, 0.6) is 0 Å². The Hall–Kier alpha value is -0.0600. The molecule has 1 atom stereocenters. The number of halogens is 3. The van der Waals surface area contributed by atoms with E-state index in [4.69, 9.17) is 16.3 Å². The van der Waals surface area contributed by atoms with Gasteiger partial charge in [0.25, 0.3) is 0 Å². The second kappa shape index (κ2) is 3.26. The van der Waals surface area contributed by atoms with Gasteiger partial charge in [-0.3, -0.25) is 0 Å². The number of rotatable bonds is 0. The summed E-state index contributed by atoms with van der Waals surface area (Å²) in [4.78, 5) is 11.3. The van der Waals surface area contributed by atoms with Crippen molar-refractivity contribution in [2.45, 2.75) is 5.56 Å². The molecule has 1 heterocycles. The molecule has 0 bridgehead atoms. The van der Waals surface area contributed by atoms with Gasteiger partial charge in [0.2, 0.25) is 5.56 Å². The molecule has 0 aromatic heterocycles. The molecule has 0 amide bonds. The first-order chi connectivity index (χ1) is 6.11. The topological polar surface area (TPSA) is 26.3 Å². The summed E-state index contributed by atoms with van der Waals surface area (Å²) in [5.41, 5.74) is 0.518. The summed E-state index contributed by atoms with van der Waals surface area (Å²) < 4.78 is 6.36. The number of fused-ring (bicyclic) bond motifs is 1. The minimum Gasteiger partial charge on any atom is -0.438 e. The van der Waals surface area contributed by atoms with Crippen LogP contribution in [0.1, 0.15) is 21.5 Å². The Labute approximate surface area is 96.5 Å². The Bertz CT molecular complexity index is 392. The van der Waals surface area contributed by atoms with Crippen LogP contribution in [0.4, 0.5) is 0 Å². The van der Waals surface area contributed by atoms with Crippen LogP contribution in [-0.2, 0) is 4.74 Å². The zero-order valence-corrected chi connectivity index (χ0v) is 10.1. The van der Waals surface area contributed by atoms with E-state index in [0.29, 0.717) is 15.6 Å². The number of benzene rings is 1. The third-order valence-corrected chi connectivity index (χ3v) is 3.44. The maximum Gasteiger partial charge on any atom is 0.341 e. The lowest BCUT2D eigenvalue weighted by Crippen LogP contribution is -1.94. The van der Waals surface area contributed by atoms with Crippen molar-refractivity contribution in [3.8, 4) is 0 Å². The summed E-state index contributed by atoms with van der Waals surface area (Å²) in [6, 6.07) is 3.60. The van der Waals surface area contributed by atoms with E-state index in [2.05, 4.69) is 31.9 Å². The number of hydrogen-bond acceptors (Lipinski definition) is 2. The van der Waals surface area contributed by atoms with E-state index in [1.807, 2.05) is 6.07 Å². The number of hydrogen-bond donors (Lipinski definition) is 0. The van der Waals surface area contributed by atoms with Crippen molar-refractivity contribution >= 4 is 49.4 Å². The second-order valence-corrected chi connectivity index (χ2v) is 4.64. The van der Waals surface area contributed by atoms with Crippen molar-refractivity contribution in [1.29, 1.82) is 0 Å². The molecule has 0 saturated heterocycles. The minimum absolute atomic E-state index is 0.386. The number of esters is 1. The number of alkyl halides is 1. The molecule has 0 aliphatic carbocycles. The second-order valence-electron chi connectivity index (χ2n) is 2.54. The Morgan fingerprint density at radius 2 is 1.92 bits per heavy atom. The highest BCUT2D eigenvalue weighted by molar-refractivity contribution is 9.11. The Morgan fingerprint density at radius 1 is 1.31 bits per heavy atom. The van der Waals surface area contributed by atoms with Crippen molar-refractivity contribution in [3.05, 3.63) is 32.2 Å². The Balaban J connectivity index is 2.74. The normalized spacial score (nSPS) is 19.9. The summed E-state index contributed by atoms with van der Waals surface area (Å²) in [6.45, 7) is 0. The third kappa shape index (κ3) is 1.41. The van der Waals surface area contributed by atoms with Gasteiger partial charge in [-0.15, -0.1) is 0 Å². The quantitative estimate of drug-likeness (QED) is 0.538. The van der Waals surface area contributed by atoms with Gasteiger partial charge in [-0.2, -0.15) is 0 Å². The molecule has 2 rings (SSSR count). The average molecular weight is 326 g/mol. The lowest BCUT2D eigenvalue weighted by atomic mass is 10.1. The van der Waals surface area contributed by atoms with Crippen LogP contribution in [0.15, 0.2) is 21.1 Å². The molecule has 1 aromatic carbocycles. The molecule has 5 heteroatoms. The molecule has 1 aromatic rings. The highest BCUT2D eigenvalue weighted by Crippen LogP contribution is 2.41. The fraction of sp³-hybridized carbons (Fsp3) is 0.125. The fourth-order valence-corrected chi connectivity index (χ4v) is 2.69. The van der Waals surface area contributed by atoms with Gasteiger partial charge in [0, 0.05) is 14.5 Å². The summed E-state index contributed by atoms with van der Waals surface area (Å²) in [6.07, 6.45) is 0. The van der Waals surface area contributed by atoms with Crippen LogP contribution in [0.3, 0.4) is 0 Å². The summed E-state index contributed by atoms with van der Waals surface area (Å²) in [7, 11) is 0. The van der Waals surface area contributed by atoms with Gasteiger partial charge >= 0.3 is 5.97 Å². The van der Waals surface area contributed by atoms with Crippen molar-refractivity contribution in [1.82, 2.24) is 0 Å². The van der Waals surface area contributed by atoms with E-state index in [-0.39, 0.29) is 5.97 Å². The van der Waals surface area contributed by atoms with Crippen LogP contribution in [0.25, 0.3) is 0 Å². The predicted molar refractivity (Wildman–Crippen MR) is 55.9 cm³/mol. The van der Waals surface area contributed by atoms with Crippen molar-refractivity contribution in [2.24, 2.45) is 0 Å². The molecule has 0 fully saturated rings. The molecule has 1 unspecified atom stereocenters. The summed E-state index contributed by atoms with van der Waals surface area (Å²) in [5.74, 6) is -0.386. The van der Waals surface area contributed by atoms with E-state index >= 15 is 0 Å². The number of carbonyl (C=O) groups excluding carboxylic acids is 1. The van der Waals surface area contributed by atoms with E-state index in [1.54, 1.807) is 6.07 Å². The summed E-state index contributed by atoms with van der Waals surface area (Å²) >= 11 is 12.4. The monoisotopic (exact) mass is 324 g/mol. The molecule has 0 radical (unpaired) electrons. The van der Waals surface area contributed by atoms with E-state index in [0.717, 1.165) is 4.47 Å². The maximum atomic E-state index is 11.3. The van der Waals surface area contributed by atoms with Crippen LogP contribution in [-0.4, -0.2) is 5.97 Å². The van der Waals surface area contributed by atoms with E-state index in [1.165, 1.54) is 0 Å². The SMILES string of the molecule is O=C1OC(Cl)c2c(Br)ccc(Br)c21. The fourth-order valence-electron chi connectivity index (χ4n) is 1.21. The largest absolute Gasteiger partial charge is 0.438 e. The van der Waals surface area contributed by atoms with Crippen molar-refractivity contribution < 1.29 is 9.53 Å². The highest BCUT2D eigenvalue weighted by Gasteiger charge is 2.33.